The molecular formula is C15H24N3O2+. The Bertz CT molecular complexity index is 469. The average molecular weight is 278 g/mol. The molecule has 1 aromatic carbocycles. The van der Waals surface area contributed by atoms with Crippen molar-refractivity contribution in [3.05, 3.63) is 35.4 Å². The Morgan fingerprint density at radius 3 is 2.25 bits per heavy atom. The lowest BCUT2D eigenvalue weighted by molar-refractivity contribution is -0.908. The van der Waals surface area contributed by atoms with E-state index in [1.807, 2.05) is 26.1 Å². The number of quaternary nitrogens is 1. The number of likely N-dealkylation sites (N-methyl/N-ethyl adjacent to an activating group) is 2. The zero-order valence-electron chi connectivity index (χ0n) is 12.9. The fraction of sp³-hybridized carbons (Fsp3) is 0.467. The van der Waals surface area contributed by atoms with E-state index in [1.165, 1.54) is 0 Å². The van der Waals surface area contributed by atoms with E-state index in [0.717, 1.165) is 17.0 Å². The van der Waals surface area contributed by atoms with Crippen LogP contribution in [0.25, 0.3) is 0 Å². The topological polar surface area (TPSA) is 53.9 Å². The summed E-state index contributed by atoms with van der Waals surface area (Å²) in [5, 5.41) is 2.59. The predicted octanol–water partition coefficient (Wildman–Crippen LogP) is -0.462. The van der Waals surface area contributed by atoms with E-state index in [2.05, 4.69) is 5.32 Å². The highest BCUT2D eigenvalue weighted by Crippen LogP contribution is 2.03. The van der Waals surface area contributed by atoms with E-state index >= 15 is 0 Å². The molecule has 2 N–H and O–H groups in total. The normalized spacial score (nSPS) is 13.4. The summed E-state index contributed by atoms with van der Waals surface area (Å²) in [6, 6.07) is 7.38. The summed E-state index contributed by atoms with van der Waals surface area (Å²) in [4.78, 5) is 26.1. The van der Waals surface area contributed by atoms with Gasteiger partial charge in [-0.15, -0.1) is 0 Å². The van der Waals surface area contributed by atoms with Gasteiger partial charge >= 0.3 is 0 Å². The molecule has 0 aliphatic carbocycles. The first-order valence-electron chi connectivity index (χ1n) is 6.71. The third-order valence-electron chi connectivity index (χ3n) is 3.48. The van der Waals surface area contributed by atoms with Crippen molar-refractivity contribution in [2.45, 2.75) is 19.5 Å². The smallest absolute Gasteiger partial charge is 0.280 e. The molecule has 110 valence electrons. The molecule has 0 saturated carbocycles. The van der Waals surface area contributed by atoms with E-state index < -0.39 is 0 Å². The molecule has 0 aliphatic heterocycles. The lowest BCUT2D eigenvalue weighted by Gasteiger charge is -2.23. The number of carbonyl (C=O) groups excluding carboxylic acids is 2. The molecule has 20 heavy (non-hydrogen) atoms. The highest BCUT2D eigenvalue weighted by atomic mass is 16.2. The molecule has 0 aromatic heterocycles. The molecule has 1 unspecified atom stereocenters. The van der Waals surface area contributed by atoms with Gasteiger partial charge < -0.3 is 15.1 Å². The Hall–Kier alpha value is -1.88. The summed E-state index contributed by atoms with van der Waals surface area (Å²) in [6.07, 6.45) is 0. The van der Waals surface area contributed by atoms with Crippen molar-refractivity contribution in [3.63, 3.8) is 0 Å². The first-order valence-corrected chi connectivity index (χ1v) is 6.71. The Morgan fingerprint density at radius 1 is 1.25 bits per heavy atom. The van der Waals surface area contributed by atoms with Gasteiger partial charge in [-0.2, -0.15) is 0 Å². The highest BCUT2D eigenvalue weighted by molar-refractivity contribution is 5.93. The van der Waals surface area contributed by atoms with Crippen LogP contribution in [0.2, 0.25) is 0 Å². The average Bonchev–Trinajstić information content (AvgIpc) is 2.45. The van der Waals surface area contributed by atoms with Crippen LogP contribution in [0, 0.1) is 0 Å². The van der Waals surface area contributed by atoms with Gasteiger partial charge in [0.05, 0.1) is 7.05 Å². The second kappa shape index (κ2) is 7.05. The van der Waals surface area contributed by atoms with Crippen molar-refractivity contribution in [1.82, 2.24) is 10.2 Å². The fourth-order valence-corrected chi connectivity index (χ4v) is 1.99. The molecule has 0 radical (unpaired) electrons. The number of carbonyl (C=O) groups is 2. The van der Waals surface area contributed by atoms with Crippen LogP contribution in [0.1, 0.15) is 22.8 Å². The third-order valence-corrected chi connectivity index (χ3v) is 3.48. The van der Waals surface area contributed by atoms with Gasteiger partial charge in [0, 0.05) is 32.3 Å². The number of benzene rings is 1. The Balaban J connectivity index is 2.69. The fourth-order valence-electron chi connectivity index (χ4n) is 1.99. The van der Waals surface area contributed by atoms with Gasteiger partial charge in [-0.25, -0.2) is 0 Å². The minimum Gasteiger partial charge on any atom is -0.355 e. The van der Waals surface area contributed by atoms with Gasteiger partial charge in [0.15, 0.2) is 6.04 Å². The molecule has 0 saturated heterocycles. The van der Waals surface area contributed by atoms with Crippen molar-refractivity contribution in [3.8, 4) is 0 Å². The van der Waals surface area contributed by atoms with Crippen LogP contribution in [0.4, 0.5) is 0 Å². The quantitative estimate of drug-likeness (QED) is 0.766. The molecule has 0 bridgehead atoms. The second-order valence-electron chi connectivity index (χ2n) is 5.25. The molecule has 2 amide bonds. The first kappa shape index (κ1) is 16.2. The van der Waals surface area contributed by atoms with Crippen LogP contribution >= 0.6 is 0 Å². The lowest BCUT2D eigenvalue weighted by Crippen LogP contribution is -3.12. The van der Waals surface area contributed by atoms with Gasteiger partial charge in [0.25, 0.3) is 11.8 Å². The van der Waals surface area contributed by atoms with Crippen molar-refractivity contribution in [2.24, 2.45) is 0 Å². The maximum Gasteiger partial charge on any atom is 0.280 e. The standard InChI is InChI=1S/C15H23N3O2/c1-11(15(20)17(3)4)18(5)10-12-6-8-13(9-7-12)14(19)16-2/h6-9,11H,10H2,1-5H3,(H,16,19)/p+1/t11-/m1/s1. The summed E-state index contributed by atoms with van der Waals surface area (Å²) >= 11 is 0. The number of nitrogens with one attached hydrogen (secondary N) is 2. The second-order valence-corrected chi connectivity index (χ2v) is 5.25. The van der Waals surface area contributed by atoms with Crippen molar-refractivity contribution in [2.75, 3.05) is 28.2 Å². The lowest BCUT2D eigenvalue weighted by atomic mass is 10.1. The summed E-state index contributed by atoms with van der Waals surface area (Å²) in [7, 11) is 7.15. The minimum absolute atomic E-state index is 0.0894. The third kappa shape index (κ3) is 4.06. The summed E-state index contributed by atoms with van der Waals surface area (Å²) in [6.45, 7) is 2.67. The first-order chi connectivity index (χ1) is 9.36. The minimum atomic E-state index is -0.0939. The van der Waals surface area contributed by atoms with Gasteiger partial charge in [-0.3, -0.25) is 9.59 Å². The molecule has 1 rings (SSSR count). The summed E-state index contributed by atoms with van der Waals surface area (Å²) < 4.78 is 0. The molecule has 1 aromatic rings. The van der Waals surface area contributed by atoms with Crippen LogP contribution in [-0.4, -0.2) is 50.9 Å². The van der Waals surface area contributed by atoms with E-state index in [9.17, 15) is 9.59 Å². The monoisotopic (exact) mass is 278 g/mol. The van der Waals surface area contributed by atoms with Crippen LogP contribution < -0.4 is 10.2 Å². The predicted molar refractivity (Wildman–Crippen MR) is 78.6 cm³/mol. The van der Waals surface area contributed by atoms with Gasteiger partial charge in [0.2, 0.25) is 0 Å². The summed E-state index contributed by atoms with van der Waals surface area (Å²) in [5.74, 6) is 0.0258. The van der Waals surface area contributed by atoms with Gasteiger partial charge in [-0.1, -0.05) is 12.1 Å². The molecular weight excluding hydrogens is 254 g/mol. The molecule has 0 fully saturated rings. The van der Waals surface area contributed by atoms with Crippen molar-refractivity contribution >= 4 is 11.8 Å². The maximum atomic E-state index is 11.9. The SMILES string of the molecule is CNC(=O)c1ccc(C[NH+](C)[C@H](C)C(=O)N(C)C)cc1. The maximum absolute atomic E-state index is 11.9. The van der Waals surface area contributed by atoms with Crippen LogP contribution in [-0.2, 0) is 11.3 Å². The molecule has 5 nitrogen and oxygen atoms in total. The van der Waals surface area contributed by atoms with Crippen molar-refractivity contribution in [1.29, 1.82) is 0 Å². The van der Waals surface area contributed by atoms with E-state index in [0.29, 0.717) is 5.56 Å². The Kier molecular flexibility index (Phi) is 5.70. The molecule has 0 spiro atoms. The van der Waals surface area contributed by atoms with Crippen molar-refractivity contribution < 1.29 is 14.5 Å². The van der Waals surface area contributed by atoms with Gasteiger partial charge in [-0.05, 0) is 19.1 Å². The number of hydrogen-bond donors (Lipinski definition) is 2. The summed E-state index contributed by atoms with van der Waals surface area (Å²) in [5.41, 5.74) is 1.75. The Labute approximate surface area is 120 Å². The van der Waals surface area contributed by atoms with Gasteiger partial charge in [0.1, 0.15) is 6.54 Å². The largest absolute Gasteiger partial charge is 0.355 e. The number of amides is 2. The van der Waals surface area contributed by atoms with E-state index in [-0.39, 0.29) is 17.9 Å². The number of nitrogens with zero attached hydrogens (tertiary/aromatic N) is 1. The molecule has 5 heteroatoms. The van der Waals surface area contributed by atoms with Crippen LogP contribution in [0.15, 0.2) is 24.3 Å². The number of rotatable bonds is 5. The van der Waals surface area contributed by atoms with E-state index in [4.69, 9.17) is 0 Å². The zero-order chi connectivity index (χ0) is 15.3. The zero-order valence-corrected chi connectivity index (χ0v) is 12.9. The van der Waals surface area contributed by atoms with Crippen LogP contribution in [0.5, 0.6) is 0 Å². The van der Waals surface area contributed by atoms with Crippen LogP contribution in [0.3, 0.4) is 0 Å². The number of hydrogen-bond acceptors (Lipinski definition) is 2. The molecule has 0 aliphatic rings. The Morgan fingerprint density at radius 2 is 1.80 bits per heavy atom. The van der Waals surface area contributed by atoms with E-state index in [1.54, 1.807) is 38.2 Å². The molecule has 0 heterocycles. The highest BCUT2D eigenvalue weighted by Gasteiger charge is 2.23. The molecule has 2 atom stereocenters.